The molecule has 0 aliphatic heterocycles. The van der Waals surface area contributed by atoms with Gasteiger partial charge in [-0.1, -0.05) is 86.2 Å². The van der Waals surface area contributed by atoms with Crippen molar-refractivity contribution in [2.24, 2.45) is 5.92 Å². The Morgan fingerprint density at radius 3 is 2.37 bits per heavy atom. The largest absolute Gasteiger partial charge is 0.467 e. The molecule has 0 bridgehead atoms. The summed E-state index contributed by atoms with van der Waals surface area (Å²) in [5, 5.41) is 5.98. The Bertz CT molecular complexity index is 1200. The van der Waals surface area contributed by atoms with Gasteiger partial charge in [0.2, 0.25) is 11.8 Å². The number of hydrogen-bond donors (Lipinski definition) is 2. The van der Waals surface area contributed by atoms with Crippen molar-refractivity contribution in [3.63, 3.8) is 0 Å². The van der Waals surface area contributed by atoms with E-state index in [0.29, 0.717) is 24.4 Å². The third-order valence-electron chi connectivity index (χ3n) is 7.96. The van der Waals surface area contributed by atoms with Gasteiger partial charge in [-0.05, 0) is 55.4 Å². The number of amides is 3. The van der Waals surface area contributed by atoms with Crippen LogP contribution in [-0.4, -0.2) is 61.6 Å². The molecule has 2 aromatic carbocycles. The first-order valence-corrected chi connectivity index (χ1v) is 15.4. The fourth-order valence-corrected chi connectivity index (χ4v) is 5.54. The fourth-order valence-electron chi connectivity index (χ4n) is 5.34. The molecule has 10 heteroatoms. The SMILES string of the molecule is COC(=O)[C@H](CCC(=O)N(C)CCc1ccccc1)NC(=O)[C@H](CC1CCCCC1)NC(=O)OC(C)c1cccc(Cl)c1. The molecular weight excluding hydrogens is 570 g/mol. The van der Waals surface area contributed by atoms with Gasteiger partial charge in [0.1, 0.15) is 18.2 Å². The van der Waals surface area contributed by atoms with Crippen molar-refractivity contribution in [1.82, 2.24) is 15.5 Å². The van der Waals surface area contributed by atoms with E-state index >= 15 is 0 Å². The second-order valence-electron chi connectivity index (χ2n) is 11.2. The number of nitrogens with zero attached hydrogens (tertiary/aromatic N) is 1. The second-order valence-corrected chi connectivity index (χ2v) is 11.6. The summed E-state index contributed by atoms with van der Waals surface area (Å²) in [6.07, 6.45) is 5.12. The summed E-state index contributed by atoms with van der Waals surface area (Å²) < 4.78 is 10.5. The highest BCUT2D eigenvalue weighted by Crippen LogP contribution is 2.28. The maximum absolute atomic E-state index is 13.5. The monoisotopic (exact) mass is 613 g/mol. The molecule has 2 aromatic rings. The Hall–Kier alpha value is -3.59. The molecule has 1 unspecified atom stereocenters. The molecule has 0 heterocycles. The first-order chi connectivity index (χ1) is 20.7. The molecule has 1 fully saturated rings. The standard InChI is InChI=1S/C33H44ClN3O6/c1-23(26-15-10-16-27(34)22-26)43-33(41)36-29(21-25-13-8-5-9-14-25)31(39)35-28(32(40)42-3)17-18-30(38)37(2)20-19-24-11-6-4-7-12-24/h4,6-7,10-12,15-16,22-23,25,28-29H,5,8-9,13-14,17-21H2,1-3H3,(H,35,39)(H,36,41)/t23?,28-,29-/m0/s1. The lowest BCUT2D eigenvalue weighted by molar-refractivity contribution is -0.145. The molecule has 1 aliphatic rings. The molecule has 0 radical (unpaired) electrons. The summed E-state index contributed by atoms with van der Waals surface area (Å²) >= 11 is 6.08. The Morgan fingerprint density at radius 2 is 1.70 bits per heavy atom. The molecule has 3 rings (SSSR count). The Kier molecular flexibility index (Phi) is 13.8. The zero-order valence-electron chi connectivity index (χ0n) is 25.4. The van der Waals surface area contributed by atoms with Gasteiger partial charge >= 0.3 is 12.1 Å². The van der Waals surface area contributed by atoms with E-state index in [1.807, 2.05) is 30.3 Å². The zero-order valence-corrected chi connectivity index (χ0v) is 26.1. The quantitative estimate of drug-likeness (QED) is 0.268. The number of alkyl carbamates (subject to hydrolysis) is 1. The van der Waals surface area contributed by atoms with Crippen LogP contribution in [0.15, 0.2) is 54.6 Å². The van der Waals surface area contributed by atoms with E-state index in [1.165, 1.54) is 7.11 Å². The van der Waals surface area contributed by atoms with Crippen LogP contribution in [0.1, 0.15) is 75.5 Å². The van der Waals surface area contributed by atoms with E-state index in [-0.39, 0.29) is 24.7 Å². The smallest absolute Gasteiger partial charge is 0.408 e. The van der Waals surface area contributed by atoms with Gasteiger partial charge in [0.05, 0.1) is 7.11 Å². The van der Waals surface area contributed by atoms with Gasteiger partial charge in [-0.3, -0.25) is 9.59 Å². The van der Waals surface area contributed by atoms with Crippen LogP contribution in [0.3, 0.4) is 0 Å². The first kappa shape index (κ1) is 33.9. The van der Waals surface area contributed by atoms with Gasteiger partial charge < -0.3 is 25.0 Å². The van der Waals surface area contributed by atoms with Gasteiger partial charge in [-0.25, -0.2) is 9.59 Å². The number of hydrogen-bond acceptors (Lipinski definition) is 6. The van der Waals surface area contributed by atoms with E-state index < -0.39 is 36.2 Å². The van der Waals surface area contributed by atoms with Crippen LogP contribution in [0, 0.1) is 5.92 Å². The lowest BCUT2D eigenvalue weighted by Gasteiger charge is -2.28. The van der Waals surface area contributed by atoms with Crippen molar-refractivity contribution < 1.29 is 28.7 Å². The Balaban J connectivity index is 1.61. The van der Waals surface area contributed by atoms with Gasteiger partial charge in [-0.15, -0.1) is 0 Å². The minimum absolute atomic E-state index is 0.0469. The lowest BCUT2D eigenvalue weighted by Crippen LogP contribution is -2.52. The van der Waals surface area contributed by atoms with Crippen LogP contribution >= 0.6 is 11.6 Å². The molecule has 1 aliphatic carbocycles. The predicted octanol–water partition coefficient (Wildman–Crippen LogP) is 5.61. The average Bonchev–Trinajstić information content (AvgIpc) is 3.01. The first-order valence-electron chi connectivity index (χ1n) is 15.0. The third kappa shape index (κ3) is 11.5. The molecule has 0 spiro atoms. The van der Waals surface area contributed by atoms with Crippen molar-refractivity contribution in [2.75, 3.05) is 20.7 Å². The number of likely N-dealkylation sites (N-methyl/N-ethyl adjacent to an activating group) is 1. The number of methoxy groups -OCH3 is 1. The average molecular weight is 614 g/mol. The molecule has 0 aromatic heterocycles. The minimum atomic E-state index is -1.04. The van der Waals surface area contributed by atoms with E-state index in [9.17, 15) is 19.2 Å². The summed E-state index contributed by atoms with van der Waals surface area (Å²) in [5.74, 6) is -1.05. The third-order valence-corrected chi connectivity index (χ3v) is 8.19. The van der Waals surface area contributed by atoms with Gasteiger partial charge in [-0.2, -0.15) is 0 Å². The molecule has 9 nitrogen and oxygen atoms in total. The van der Waals surface area contributed by atoms with Crippen LogP contribution in [0.2, 0.25) is 5.02 Å². The number of nitrogens with one attached hydrogen (secondary N) is 2. The molecular formula is C33H44ClN3O6. The second kappa shape index (κ2) is 17.5. The van der Waals surface area contributed by atoms with Crippen molar-refractivity contribution in [3.8, 4) is 0 Å². The van der Waals surface area contributed by atoms with Gasteiger partial charge in [0.15, 0.2) is 0 Å². The minimum Gasteiger partial charge on any atom is -0.467 e. The summed E-state index contributed by atoms with van der Waals surface area (Å²) in [7, 11) is 2.96. The summed E-state index contributed by atoms with van der Waals surface area (Å²) in [5.41, 5.74) is 1.85. The fraction of sp³-hybridized carbons (Fsp3) is 0.515. The topological polar surface area (TPSA) is 114 Å². The molecule has 3 amide bonds. The predicted molar refractivity (Wildman–Crippen MR) is 165 cm³/mol. The van der Waals surface area contributed by atoms with E-state index in [4.69, 9.17) is 21.1 Å². The molecule has 1 saturated carbocycles. The van der Waals surface area contributed by atoms with Crippen molar-refractivity contribution >= 4 is 35.5 Å². The van der Waals surface area contributed by atoms with Crippen molar-refractivity contribution in [1.29, 1.82) is 0 Å². The number of carbonyl (C=O) groups is 4. The highest BCUT2D eigenvalue weighted by molar-refractivity contribution is 6.30. The number of benzene rings is 2. The molecule has 0 saturated heterocycles. The van der Waals surface area contributed by atoms with Crippen LogP contribution in [0.25, 0.3) is 0 Å². The van der Waals surface area contributed by atoms with E-state index in [1.54, 1.807) is 43.1 Å². The molecule has 43 heavy (non-hydrogen) atoms. The van der Waals surface area contributed by atoms with E-state index in [2.05, 4.69) is 10.6 Å². The number of carbonyl (C=O) groups excluding carboxylic acids is 4. The van der Waals surface area contributed by atoms with Gasteiger partial charge in [0, 0.05) is 25.0 Å². The highest BCUT2D eigenvalue weighted by atomic mass is 35.5. The number of ether oxygens (including phenoxy) is 2. The Morgan fingerprint density at radius 1 is 0.977 bits per heavy atom. The van der Waals surface area contributed by atoms with E-state index in [0.717, 1.165) is 43.2 Å². The van der Waals surface area contributed by atoms with Crippen molar-refractivity contribution in [3.05, 3.63) is 70.7 Å². The number of esters is 1. The maximum Gasteiger partial charge on any atom is 0.408 e. The van der Waals surface area contributed by atoms with Gasteiger partial charge in [0.25, 0.3) is 0 Å². The number of halogens is 1. The van der Waals surface area contributed by atoms with Crippen molar-refractivity contribution in [2.45, 2.75) is 82.9 Å². The summed E-state index contributed by atoms with van der Waals surface area (Å²) in [4.78, 5) is 53.5. The highest BCUT2D eigenvalue weighted by Gasteiger charge is 2.31. The van der Waals surface area contributed by atoms with Crippen LogP contribution in [0.5, 0.6) is 0 Å². The summed E-state index contributed by atoms with van der Waals surface area (Å²) in [6.45, 7) is 2.25. The molecule has 3 atom stereocenters. The van der Waals surface area contributed by atoms with Crippen LogP contribution in [-0.2, 0) is 30.3 Å². The summed E-state index contributed by atoms with van der Waals surface area (Å²) in [6, 6.07) is 14.9. The zero-order chi connectivity index (χ0) is 31.2. The Labute approximate surface area is 259 Å². The maximum atomic E-state index is 13.5. The molecule has 234 valence electrons. The lowest BCUT2D eigenvalue weighted by atomic mass is 9.84. The van der Waals surface area contributed by atoms with Crippen LogP contribution in [0.4, 0.5) is 4.79 Å². The van der Waals surface area contributed by atoms with Crippen LogP contribution < -0.4 is 10.6 Å². The molecule has 2 N–H and O–H groups in total. The normalized spacial score (nSPS) is 15.4. The number of rotatable bonds is 14.